The van der Waals surface area contributed by atoms with Crippen molar-refractivity contribution in [2.75, 3.05) is 11.6 Å². The minimum absolute atomic E-state index is 0.0593. The number of aryl methyl sites for hydroxylation is 1. The zero-order chi connectivity index (χ0) is 22.6. The Bertz CT molecular complexity index is 1290. The van der Waals surface area contributed by atoms with Gasteiger partial charge >= 0.3 is 0 Å². The molecule has 2 aromatic heterocycles. The van der Waals surface area contributed by atoms with Gasteiger partial charge in [-0.2, -0.15) is 5.10 Å². The summed E-state index contributed by atoms with van der Waals surface area (Å²) in [6, 6.07) is 8.41. The van der Waals surface area contributed by atoms with Crippen LogP contribution >= 0.6 is 0 Å². The average molecular weight is 448 g/mol. The molecule has 3 aromatic rings. The molecule has 2 heterocycles. The number of fused-ring (bicyclic) bond motifs is 1. The summed E-state index contributed by atoms with van der Waals surface area (Å²) in [5.41, 5.74) is 1.42. The first kappa shape index (κ1) is 21.4. The summed E-state index contributed by atoms with van der Waals surface area (Å²) in [6.45, 7) is 3.82. The topological polar surface area (TPSA) is 101 Å². The van der Waals surface area contributed by atoms with Gasteiger partial charge in [0.05, 0.1) is 15.2 Å². The molecule has 1 aliphatic rings. The molecule has 0 radical (unpaired) electrons. The molecule has 0 bridgehead atoms. The fourth-order valence-electron chi connectivity index (χ4n) is 4.26. The van der Waals surface area contributed by atoms with Crippen molar-refractivity contribution in [1.82, 2.24) is 14.8 Å². The van der Waals surface area contributed by atoms with Crippen LogP contribution in [0.3, 0.4) is 0 Å². The van der Waals surface area contributed by atoms with E-state index >= 15 is 0 Å². The first-order chi connectivity index (χ1) is 14.4. The van der Waals surface area contributed by atoms with Crippen LogP contribution in [0.1, 0.15) is 35.8 Å². The van der Waals surface area contributed by atoms with E-state index in [0.717, 1.165) is 5.56 Å². The number of halogens is 2. The lowest BCUT2D eigenvalue weighted by atomic mass is 9.67. The maximum atomic E-state index is 13.5. The van der Waals surface area contributed by atoms with E-state index < -0.39 is 27.0 Å². The van der Waals surface area contributed by atoms with Gasteiger partial charge in [0.15, 0.2) is 0 Å². The Morgan fingerprint density at radius 3 is 2.68 bits per heavy atom. The van der Waals surface area contributed by atoms with Gasteiger partial charge in [-0.15, -0.1) is 0 Å². The Morgan fingerprint density at radius 1 is 1.32 bits per heavy atom. The standard InChI is InChI=1S/C21H23F2N5O2S/c1-13-5-4-6-15-17(13)18(28(27-15)12-20(2)10-21(22,23)11-20)19(29)26-14-7-8-25-16(9-14)31(3,24)30/h4-9,24H,10-12H2,1-3H3,(H,25,26,29). The molecule has 0 saturated heterocycles. The quantitative estimate of drug-likeness (QED) is 0.603. The fraction of sp³-hybridized carbons (Fsp3) is 0.381. The van der Waals surface area contributed by atoms with Crippen molar-refractivity contribution in [1.29, 1.82) is 4.78 Å². The second kappa shape index (κ2) is 7.08. The number of amides is 1. The highest BCUT2D eigenvalue weighted by molar-refractivity contribution is 7.91. The van der Waals surface area contributed by atoms with E-state index in [0.29, 0.717) is 16.6 Å². The second-order valence-corrected chi connectivity index (χ2v) is 10.8. The van der Waals surface area contributed by atoms with Crippen LogP contribution in [0, 0.1) is 17.1 Å². The van der Waals surface area contributed by atoms with E-state index in [1.54, 1.807) is 13.0 Å². The molecular weight excluding hydrogens is 424 g/mol. The number of rotatable bonds is 5. The van der Waals surface area contributed by atoms with Crippen molar-refractivity contribution < 1.29 is 17.8 Å². The largest absolute Gasteiger partial charge is 0.320 e. The van der Waals surface area contributed by atoms with Gasteiger partial charge in [-0.1, -0.05) is 19.1 Å². The zero-order valence-corrected chi connectivity index (χ0v) is 18.2. The van der Waals surface area contributed by atoms with Crippen LogP contribution in [0.25, 0.3) is 10.9 Å². The van der Waals surface area contributed by atoms with Gasteiger partial charge in [-0.05, 0) is 36.1 Å². The molecule has 1 amide bonds. The van der Waals surface area contributed by atoms with Crippen molar-refractivity contribution >= 4 is 32.2 Å². The summed E-state index contributed by atoms with van der Waals surface area (Å²) in [6.07, 6.45) is 2.12. The van der Waals surface area contributed by atoms with E-state index in [9.17, 15) is 17.8 Å². The Hall–Kier alpha value is -2.88. The minimum atomic E-state index is -3.05. The van der Waals surface area contributed by atoms with Gasteiger partial charge in [-0.3, -0.25) is 9.48 Å². The van der Waals surface area contributed by atoms with Crippen LogP contribution in [-0.2, 0) is 16.3 Å². The normalized spacial score (nSPS) is 18.9. The molecule has 1 fully saturated rings. The second-order valence-electron chi connectivity index (χ2n) is 8.68. The van der Waals surface area contributed by atoms with Gasteiger partial charge in [-0.25, -0.2) is 22.8 Å². The molecule has 4 rings (SSSR count). The first-order valence-electron chi connectivity index (χ1n) is 9.72. The molecule has 10 heteroatoms. The summed E-state index contributed by atoms with van der Waals surface area (Å²) < 4.78 is 48.3. The SMILES string of the molecule is Cc1cccc2nn(CC3(C)CC(F)(F)C3)c(C(=O)Nc3ccnc(S(C)(=N)=O)c3)c12. The van der Waals surface area contributed by atoms with Crippen molar-refractivity contribution in [3.63, 3.8) is 0 Å². The van der Waals surface area contributed by atoms with Gasteiger partial charge in [0.1, 0.15) is 10.7 Å². The highest BCUT2D eigenvalue weighted by Gasteiger charge is 2.54. The van der Waals surface area contributed by atoms with E-state index in [4.69, 9.17) is 4.78 Å². The maximum absolute atomic E-state index is 13.5. The highest BCUT2D eigenvalue weighted by atomic mass is 32.2. The van der Waals surface area contributed by atoms with E-state index in [1.807, 2.05) is 19.1 Å². The van der Waals surface area contributed by atoms with Crippen molar-refractivity contribution in [3.05, 3.63) is 47.8 Å². The van der Waals surface area contributed by atoms with Crippen LogP contribution in [-0.4, -0.2) is 37.1 Å². The van der Waals surface area contributed by atoms with Crippen LogP contribution in [0.15, 0.2) is 41.6 Å². The Labute approximate surface area is 178 Å². The molecule has 1 atom stereocenters. The molecule has 0 aliphatic heterocycles. The number of pyridine rings is 1. The van der Waals surface area contributed by atoms with Crippen LogP contribution < -0.4 is 5.32 Å². The summed E-state index contributed by atoms with van der Waals surface area (Å²) >= 11 is 0. The number of benzene rings is 1. The van der Waals surface area contributed by atoms with Gasteiger partial charge in [0, 0.05) is 42.9 Å². The number of nitrogens with one attached hydrogen (secondary N) is 2. The number of anilines is 1. The third-order valence-electron chi connectivity index (χ3n) is 5.48. The summed E-state index contributed by atoms with van der Waals surface area (Å²) in [5, 5.41) is 8.00. The third-order valence-corrected chi connectivity index (χ3v) is 6.50. The lowest BCUT2D eigenvalue weighted by Gasteiger charge is -2.44. The predicted molar refractivity (Wildman–Crippen MR) is 114 cm³/mol. The molecule has 1 aromatic carbocycles. The smallest absolute Gasteiger partial charge is 0.274 e. The first-order valence-corrected chi connectivity index (χ1v) is 11.7. The summed E-state index contributed by atoms with van der Waals surface area (Å²) in [4.78, 5) is 17.2. The molecule has 1 aliphatic carbocycles. The van der Waals surface area contributed by atoms with Crippen molar-refractivity contribution in [3.8, 4) is 0 Å². The molecule has 164 valence electrons. The molecule has 2 N–H and O–H groups in total. The molecule has 1 saturated carbocycles. The van der Waals surface area contributed by atoms with Crippen molar-refractivity contribution in [2.45, 2.75) is 44.2 Å². The third kappa shape index (κ3) is 4.16. The Kier molecular flexibility index (Phi) is 4.88. The van der Waals surface area contributed by atoms with E-state index in [1.165, 1.54) is 29.3 Å². The van der Waals surface area contributed by atoms with Crippen molar-refractivity contribution in [2.24, 2.45) is 5.41 Å². The fourth-order valence-corrected chi connectivity index (χ4v) is 4.87. The van der Waals surface area contributed by atoms with E-state index in [-0.39, 0.29) is 30.1 Å². The number of carbonyl (C=O) groups excluding carboxylic acids is 1. The van der Waals surface area contributed by atoms with Crippen LogP contribution in [0.2, 0.25) is 0 Å². The summed E-state index contributed by atoms with van der Waals surface area (Å²) in [5.74, 6) is -3.15. The van der Waals surface area contributed by atoms with Crippen LogP contribution in [0.5, 0.6) is 0 Å². The molecule has 31 heavy (non-hydrogen) atoms. The zero-order valence-electron chi connectivity index (χ0n) is 17.4. The predicted octanol–water partition coefficient (Wildman–Crippen LogP) is 4.46. The van der Waals surface area contributed by atoms with Gasteiger partial charge < -0.3 is 5.32 Å². The molecule has 1 unspecified atom stereocenters. The Balaban J connectivity index is 1.73. The number of hydrogen-bond donors (Lipinski definition) is 2. The average Bonchev–Trinajstić information content (AvgIpc) is 2.98. The Morgan fingerprint density at radius 2 is 2.03 bits per heavy atom. The number of aromatic nitrogens is 3. The van der Waals surface area contributed by atoms with Gasteiger partial charge in [0.25, 0.3) is 5.91 Å². The number of carbonyl (C=O) groups is 1. The number of hydrogen-bond acceptors (Lipinski definition) is 5. The molecule has 7 nitrogen and oxygen atoms in total. The van der Waals surface area contributed by atoms with Crippen LogP contribution in [0.4, 0.5) is 14.5 Å². The molecular formula is C21H23F2N5O2S. The highest BCUT2D eigenvalue weighted by Crippen LogP contribution is 2.52. The lowest BCUT2D eigenvalue weighted by molar-refractivity contribution is -0.159. The minimum Gasteiger partial charge on any atom is -0.320 e. The monoisotopic (exact) mass is 447 g/mol. The van der Waals surface area contributed by atoms with E-state index in [2.05, 4.69) is 15.4 Å². The number of nitrogens with zero attached hydrogens (tertiary/aromatic N) is 3. The number of alkyl halides is 2. The lowest BCUT2D eigenvalue weighted by Crippen LogP contribution is -2.47. The molecule has 0 spiro atoms. The summed E-state index contributed by atoms with van der Waals surface area (Å²) in [7, 11) is -3.05. The maximum Gasteiger partial charge on any atom is 0.274 e. The van der Waals surface area contributed by atoms with Gasteiger partial charge in [0.2, 0.25) is 5.92 Å².